The molecule has 0 aliphatic carbocycles. The third kappa shape index (κ3) is 4.57. The van der Waals surface area contributed by atoms with E-state index in [1.54, 1.807) is 17.7 Å². The van der Waals surface area contributed by atoms with Crippen molar-refractivity contribution in [3.63, 3.8) is 0 Å². The number of nitrogens with one attached hydrogen (secondary N) is 1. The minimum atomic E-state index is -0.390. The Morgan fingerprint density at radius 2 is 1.83 bits per heavy atom. The van der Waals surface area contributed by atoms with Gasteiger partial charge in [-0.2, -0.15) is 5.10 Å². The zero-order valence-corrected chi connectivity index (χ0v) is 16.8. The zero-order chi connectivity index (χ0) is 20.9. The number of amides is 1. The summed E-state index contributed by atoms with van der Waals surface area (Å²) in [6.07, 6.45) is 1.82. The van der Waals surface area contributed by atoms with Crippen molar-refractivity contribution < 1.29 is 14.1 Å². The van der Waals surface area contributed by atoms with Crippen molar-refractivity contribution in [1.29, 1.82) is 0 Å². The summed E-state index contributed by atoms with van der Waals surface area (Å²) in [5, 5.41) is 11.1. The Bertz CT molecular complexity index is 1130. The highest BCUT2D eigenvalue weighted by Crippen LogP contribution is 2.19. The van der Waals surface area contributed by atoms with Gasteiger partial charge in [0.15, 0.2) is 11.5 Å². The quantitative estimate of drug-likeness (QED) is 0.496. The van der Waals surface area contributed by atoms with E-state index in [0.717, 1.165) is 5.56 Å². The molecule has 0 atom stereocenters. The van der Waals surface area contributed by atoms with Crippen LogP contribution in [0.25, 0.3) is 0 Å². The van der Waals surface area contributed by atoms with Crippen molar-refractivity contribution in [2.75, 3.05) is 5.32 Å². The Hall–Kier alpha value is -3.87. The second-order valence-corrected chi connectivity index (χ2v) is 7.01. The third-order valence-electron chi connectivity index (χ3n) is 4.67. The van der Waals surface area contributed by atoms with Crippen molar-refractivity contribution in [2.45, 2.75) is 27.0 Å². The van der Waals surface area contributed by atoms with E-state index in [1.165, 1.54) is 5.56 Å². The van der Waals surface area contributed by atoms with E-state index < -0.39 is 0 Å². The topological polar surface area (TPSA) is 82.2 Å². The van der Waals surface area contributed by atoms with E-state index >= 15 is 0 Å². The van der Waals surface area contributed by atoms with Gasteiger partial charge in [-0.3, -0.25) is 9.48 Å². The van der Waals surface area contributed by atoms with Gasteiger partial charge in [0, 0.05) is 12.3 Å². The molecule has 7 nitrogen and oxygen atoms in total. The number of hydrogen-bond donors (Lipinski definition) is 1. The lowest BCUT2D eigenvalue weighted by atomic mass is 10.1. The first kappa shape index (κ1) is 19.4. The van der Waals surface area contributed by atoms with Gasteiger partial charge in [0.2, 0.25) is 0 Å². The highest BCUT2D eigenvalue weighted by molar-refractivity contribution is 6.03. The van der Waals surface area contributed by atoms with Crippen molar-refractivity contribution in [3.8, 4) is 5.75 Å². The van der Waals surface area contributed by atoms with Crippen molar-refractivity contribution in [3.05, 3.63) is 95.0 Å². The number of ether oxygens (including phenoxy) is 1. The molecule has 1 amide bonds. The molecule has 7 heteroatoms. The fraction of sp³-hybridized carbons (Fsp3) is 0.174. The molecule has 0 spiro atoms. The SMILES string of the molecule is Cc1ccc(Cn2ccc(NC(=O)c3noc(C)c3COc3ccccc3)n2)cc1. The number of para-hydroxylation sites is 1. The molecule has 4 rings (SSSR count). The monoisotopic (exact) mass is 402 g/mol. The van der Waals surface area contributed by atoms with Crippen LogP contribution in [0.15, 0.2) is 71.4 Å². The summed E-state index contributed by atoms with van der Waals surface area (Å²) in [6, 6.07) is 19.4. The van der Waals surface area contributed by atoms with Gasteiger partial charge in [0.25, 0.3) is 5.91 Å². The highest BCUT2D eigenvalue weighted by Gasteiger charge is 2.21. The molecule has 1 N–H and O–H groups in total. The van der Waals surface area contributed by atoms with E-state index in [1.807, 2.05) is 36.5 Å². The Labute approximate surface area is 174 Å². The van der Waals surface area contributed by atoms with Gasteiger partial charge < -0.3 is 14.6 Å². The summed E-state index contributed by atoms with van der Waals surface area (Å²) in [4.78, 5) is 12.7. The highest BCUT2D eigenvalue weighted by atomic mass is 16.5. The molecule has 0 bridgehead atoms. The Morgan fingerprint density at radius 1 is 1.07 bits per heavy atom. The van der Waals surface area contributed by atoms with Crippen LogP contribution >= 0.6 is 0 Å². The van der Waals surface area contributed by atoms with Gasteiger partial charge in [-0.05, 0) is 31.5 Å². The third-order valence-corrected chi connectivity index (χ3v) is 4.67. The number of rotatable bonds is 7. The minimum absolute atomic E-state index is 0.184. The molecule has 0 aliphatic heterocycles. The van der Waals surface area contributed by atoms with Gasteiger partial charge in [-0.15, -0.1) is 0 Å². The molecule has 4 aromatic rings. The Balaban J connectivity index is 1.42. The maximum absolute atomic E-state index is 12.7. The molecule has 0 fully saturated rings. The number of anilines is 1. The smallest absolute Gasteiger partial charge is 0.279 e. The number of aryl methyl sites for hydroxylation is 2. The van der Waals surface area contributed by atoms with Crippen LogP contribution in [0.3, 0.4) is 0 Å². The number of carbonyl (C=O) groups is 1. The second kappa shape index (κ2) is 8.65. The molecular weight excluding hydrogens is 380 g/mol. The fourth-order valence-electron chi connectivity index (χ4n) is 2.98. The molecule has 30 heavy (non-hydrogen) atoms. The van der Waals surface area contributed by atoms with Gasteiger partial charge in [-0.25, -0.2) is 0 Å². The molecule has 2 aromatic carbocycles. The molecular formula is C23H22N4O3. The Morgan fingerprint density at radius 3 is 2.60 bits per heavy atom. The molecule has 152 valence electrons. The normalized spacial score (nSPS) is 10.7. The van der Waals surface area contributed by atoms with Gasteiger partial charge >= 0.3 is 0 Å². The van der Waals surface area contributed by atoms with E-state index in [-0.39, 0.29) is 18.2 Å². The van der Waals surface area contributed by atoms with E-state index in [9.17, 15) is 4.79 Å². The average molecular weight is 402 g/mol. The predicted molar refractivity (Wildman–Crippen MR) is 112 cm³/mol. The minimum Gasteiger partial charge on any atom is -0.489 e. The first-order valence-electron chi connectivity index (χ1n) is 9.62. The summed E-state index contributed by atoms with van der Waals surface area (Å²) >= 11 is 0. The first-order valence-corrected chi connectivity index (χ1v) is 9.62. The molecule has 0 unspecified atom stereocenters. The molecule has 2 aromatic heterocycles. The molecule has 0 saturated carbocycles. The largest absolute Gasteiger partial charge is 0.489 e. The second-order valence-electron chi connectivity index (χ2n) is 7.01. The molecule has 0 saturated heterocycles. The van der Waals surface area contributed by atoms with E-state index in [4.69, 9.17) is 9.26 Å². The summed E-state index contributed by atoms with van der Waals surface area (Å²) in [5.41, 5.74) is 3.14. The van der Waals surface area contributed by atoms with E-state index in [0.29, 0.717) is 29.4 Å². The van der Waals surface area contributed by atoms with Crippen LogP contribution in [0.5, 0.6) is 5.75 Å². The standard InChI is InChI=1S/C23H22N4O3/c1-16-8-10-18(11-9-16)14-27-13-12-21(25-27)24-23(28)22-20(17(2)30-26-22)15-29-19-6-4-3-5-7-19/h3-13H,14-15H2,1-2H3,(H,24,25,28). The summed E-state index contributed by atoms with van der Waals surface area (Å²) in [5.74, 6) is 1.31. The summed E-state index contributed by atoms with van der Waals surface area (Å²) < 4.78 is 12.7. The first-order chi connectivity index (χ1) is 14.6. The van der Waals surface area contributed by atoms with Crippen molar-refractivity contribution in [2.24, 2.45) is 0 Å². The fourth-order valence-corrected chi connectivity index (χ4v) is 2.98. The lowest BCUT2D eigenvalue weighted by Gasteiger charge is -2.06. The summed E-state index contributed by atoms with van der Waals surface area (Å²) in [7, 11) is 0. The number of nitrogens with zero attached hydrogens (tertiary/aromatic N) is 3. The molecule has 2 heterocycles. The predicted octanol–water partition coefficient (Wildman–Crippen LogP) is 4.37. The maximum atomic E-state index is 12.7. The van der Waals surface area contributed by atoms with Crippen LogP contribution in [-0.4, -0.2) is 20.8 Å². The number of benzene rings is 2. The van der Waals surface area contributed by atoms with Crippen molar-refractivity contribution in [1.82, 2.24) is 14.9 Å². The van der Waals surface area contributed by atoms with Crippen LogP contribution in [-0.2, 0) is 13.2 Å². The van der Waals surface area contributed by atoms with Crippen molar-refractivity contribution >= 4 is 11.7 Å². The molecule has 0 radical (unpaired) electrons. The van der Waals surface area contributed by atoms with Gasteiger partial charge in [0.05, 0.1) is 12.1 Å². The molecule has 0 aliphatic rings. The number of hydrogen-bond acceptors (Lipinski definition) is 5. The number of carbonyl (C=O) groups excluding carboxylic acids is 1. The van der Waals surface area contributed by atoms with Crippen LogP contribution in [0.2, 0.25) is 0 Å². The van der Waals surface area contributed by atoms with Crippen LogP contribution in [0, 0.1) is 13.8 Å². The van der Waals surface area contributed by atoms with Gasteiger partial charge in [0.1, 0.15) is 18.1 Å². The van der Waals surface area contributed by atoms with E-state index in [2.05, 4.69) is 46.8 Å². The van der Waals surface area contributed by atoms with Gasteiger partial charge in [-0.1, -0.05) is 53.2 Å². The van der Waals surface area contributed by atoms with Crippen LogP contribution in [0.4, 0.5) is 5.82 Å². The summed E-state index contributed by atoms with van der Waals surface area (Å²) in [6.45, 7) is 4.61. The van der Waals surface area contributed by atoms with Crippen LogP contribution in [0.1, 0.15) is 32.9 Å². The number of aromatic nitrogens is 3. The van der Waals surface area contributed by atoms with Crippen LogP contribution < -0.4 is 10.1 Å². The maximum Gasteiger partial charge on any atom is 0.279 e. The average Bonchev–Trinajstić information content (AvgIpc) is 3.35. The zero-order valence-electron chi connectivity index (χ0n) is 16.8. The Kier molecular flexibility index (Phi) is 5.61. The lowest BCUT2D eigenvalue weighted by Crippen LogP contribution is -2.16. The lowest BCUT2D eigenvalue weighted by molar-refractivity contribution is 0.101.